The average Bonchev–Trinajstić information content (AvgIpc) is 3.30. The Bertz CT molecular complexity index is 3290. The summed E-state index contributed by atoms with van der Waals surface area (Å²) < 4.78 is 0. The standard InChI is InChI=1S/C63H61NO4/c1-40-24-32-46(33-25-40)64(47-34-30-45(31-35-47)52-36-56(61(4,5)66)54(38-55(52)60(2,3)65)51-23-15-19-42-17-11-13-21-50(42)51)59-39-57(62(6,7)67)53(37-58(59)63(8,9)68)44-28-26-43(27-29-44)49-22-14-18-41-16-10-12-20-48(41)49/h10-39,65-68H,1-9H3. The van der Waals surface area contributed by atoms with Crippen LogP contribution in [0.5, 0.6) is 0 Å². The van der Waals surface area contributed by atoms with Crippen molar-refractivity contribution in [2.24, 2.45) is 0 Å². The highest BCUT2D eigenvalue weighted by molar-refractivity contribution is 5.99. The van der Waals surface area contributed by atoms with Gasteiger partial charge in [-0.15, -0.1) is 0 Å². The Morgan fingerprint density at radius 3 is 1.18 bits per heavy atom. The molecule has 68 heavy (non-hydrogen) atoms. The second kappa shape index (κ2) is 17.3. The highest BCUT2D eigenvalue weighted by atomic mass is 16.3. The van der Waals surface area contributed by atoms with Gasteiger partial charge < -0.3 is 25.3 Å². The predicted molar refractivity (Wildman–Crippen MR) is 284 cm³/mol. The Morgan fingerprint density at radius 1 is 0.324 bits per heavy atom. The summed E-state index contributed by atoms with van der Waals surface area (Å²) in [5, 5.41) is 52.4. The quantitative estimate of drug-likeness (QED) is 0.104. The van der Waals surface area contributed by atoms with Gasteiger partial charge in [0.25, 0.3) is 0 Å². The van der Waals surface area contributed by atoms with Gasteiger partial charge in [0, 0.05) is 16.9 Å². The highest BCUT2D eigenvalue weighted by Gasteiger charge is 2.32. The van der Waals surface area contributed by atoms with Gasteiger partial charge in [-0.3, -0.25) is 0 Å². The fraction of sp³-hybridized carbons (Fsp3) is 0.206. The van der Waals surface area contributed by atoms with E-state index in [9.17, 15) is 20.4 Å². The van der Waals surface area contributed by atoms with Gasteiger partial charge in [-0.2, -0.15) is 0 Å². The van der Waals surface area contributed by atoms with Gasteiger partial charge >= 0.3 is 0 Å². The first-order chi connectivity index (χ1) is 32.2. The first kappa shape index (κ1) is 46.3. The molecule has 0 spiro atoms. The topological polar surface area (TPSA) is 84.2 Å². The van der Waals surface area contributed by atoms with E-state index in [1.807, 2.05) is 70.2 Å². The molecule has 9 aromatic carbocycles. The Labute approximate surface area is 401 Å². The number of aryl methyl sites for hydroxylation is 1. The minimum Gasteiger partial charge on any atom is -0.386 e. The average molecular weight is 896 g/mol. The van der Waals surface area contributed by atoms with E-state index in [1.54, 1.807) is 27.7 Å². The zero-order valence-corrected chi connectivity index (χ0v) is 40.6. The number of hydrogen-bond donors (Lipinski definition) is 4. The van der Waals surface area contributed by atoms with Crippen LogP contribution in [0.1, 0.15) is 83.2 Å². The van der Waals surface area contributed by atoms with Crippen molar-refractivity contribution in [2.75, 3.05) is 4.90 Å². The molecule has 0 bridgehead atoms. The van der Waals surface area contributed by atoms with Gasteiger partial charge in [0.1, 0.15) is 0 Å². The molecule has 0 unspecified atom stereocenters. The van der Waals surface area contributed by atoms with Crippen molar-refractivity contribution in [1.29, 1.82) is 0 Å². The fourth-order valence-corrected chi connectivity index (χ4v) is 9.76. The van der Waals surface area contributed by atoms with Crippen LogP contribution >= 0.6 is 0 Å². The van der Waals surface area contributed by atoms with E-state index in [1.165, 1.54) is 10.8 Å². The van der Waals surface area contributed by atoms with Crippen LogP contribution in [-0.4, -0.2) is 20.4 Å². The molecule has 9 rings (SSSR count). The Morgan fingerprint density at radius 2 is 0.676 bits per heavy atom. The summed E-state index contributed by atoms with van der Waals surface area (Å²) in [5.74, 6) is 0. The van der Waals surface area contributed by atoms with Crippen molar-refractivity contribution in [3.63, 3.8) is 0 Å². The highest BCUT2D eigenvalue weighted by Crippen LogP contribution is 2.48. The minimum atomic E-state index is -1.30. The lowest BCUT2D eigenvalue weighted by Crippen LogP contribution is -2.24. The molecule has 4 N–H and O–H groups in total. The molecule has 0 fully saturated rings. The van der Waals surface area contributed by atoms with Gasteiger partial charge in [0.15, 0.2) is 0 Å². The van der Waals surface area contributed by atoms with Gasteiger partial charge in [0.05, 0.1) is 28.1 Å². The molecular formula is C63H61NO4. The number of rotatable bonds is 11. The summed E-state index contributed by atoms with van der Waals surface area (Å²) in [7, 11) is 0. The van der Waals surface area contributed by atoms with Crippen LogP contribution in [0.4, 0.5) is 17.1 Å². The summed E-state index contributed by atoms with van der Waals surface area (Å²) in [6.45, 7) is 16.5. The van der Waals surface area contributed by atoms with Crippen LogP contribution in [0.2, 0.25) is 0 Å². The van der Waals surface area contributed by atoms with Crippen molar-refractivity contribution < 1.29 is 20.4 Å². The molecule has 0 heterocycles. The van der Waals surface area contributed by atoms with Crippen molar-refractivity contribution in [3.8, 4) is 44.5 Å². The maximum atomic E-state index is 12.1. The molecule has 0 aromatic heterocycles. The second-order valence-corrected chi connectivity index (χ2v) is 20.4. The number of benzene rings is 9. The number of fused-ring (bicyclic) bond motifs is 2. The first-order valence-corrected chi connectivity index (χ1v) is 23.5. The van der Waals surface area contributed by atoms with Crippen molar-refractivity contribution in [3.05, 3.63) is 210 Å². The van der Waals surface area contributed by atoms with Crippen LogP contribution in [0.25, 0.3) is 66.1 Å². The monoisotopic (exact) mass is 895 g/mol. The lowest BCUT2D eigenvalue weighted by molar-refractivity contribution is 0.0753. The van der Waals surface area contributed by atoms with Crippen molar-refractivity contribution in [2.45, 2.75) is 84.7 Å². The fourth-order valence-electron chi connectivity index (χ4n) is 9.76. The Balaban J connectivity index is 1.20. The van der Waals surface area contributed by atoms with Gasteiger partial charge in [0.2, 0.25) is 0 Å². The molecular weight excluding hydrogens is 835 g/mol. The molecule has 0 aliphatic heterocycles. The Kier molecular flexibility index (Phi) is 11.8. The summed E-state index contributed by atoms with van der Waals surface area (Å²) in [4.78, 5) is 2.14. The number of anilines is 3. The van der Waals surface area contributed by atoms with Crippen LogP contribution < -0.4 is 4.90 Å². The minimum absolute atomic E-state index is 0.687. The maximum absolute atomic E-state index is 12.1. The smallest absolute Gasteiger partial charge is 0.0860 e. The lowest BCUT2D eigenvalue weighted by atomic mass is 9.80. The van der Waals surface area contributed by atoms with Crippen LogP contribution in [0, 0.1) is 6.92 Å². The molecule has 5 nitrogen and oxygen atoms in total. The molecule has 0 atom stereocenters. The van der Waals surface area contributed by atoms with Crippen molar-refractivity contribution in [1.82, 2.24) is 0 Å². The number of hydrogen-bond acceptors (Lipinski definition) is 5. The summed E-state index contributed by atoms with van der Waals surface area (Å²) in [6.07, 6.45) is 0. The lowest BCUT2D eigenvalue weighted by Gasteiger charge is -2.34. The van der Waals surface area contributed by atoms with E-state index >= 15 is 0 Å². The van der Waals surface area contributed by atoms with Gasteiger partial charge in [-0.1, -0.05) is 139 Å². The van der Waals surface area contributed by atoms with Gasteiger partial charge in [-0.25, -0.2) is 0 Å². The third kappa shape index (κ3) is 8.99. The Hall–Kier alpha value is -6.86. The third-order valence-corrected chi connectivity index (χ3v) is 13.3. The van der Waals surface area contributed by atoms with Gasteiger partial charge in [-0.05, 0) is 194 Å². The van der Waals surface area contributed by atoms with Crippen LogP contribution in [-0.2, 0) is 22.4 Å². The molecule has 9 aromatic rings. The zero-order valence-electron chi connectivity index (χ0n) is 40.6. The second-order valence-electron chi connectivity index (χ2n) is 20.4. The van der Waals surface area contributed by atoms with E-state index in [0.717, 1.165) is 89.0 Å². The maximum Gasteiger partial charge on any atom is 0.0860 e. The summed E-state index contributed by atoms with van der Waals surface area (Å²) in [5.41, 5.74) is 8.95. The SMILES string of the molecule is Cc1ccc(N(c2ccc(-c3cc(C(C)(C)O)c(-c4cccc5ccccc45)cc3C(C)(C)O)cc2)c2cc(C(C)(C)O)c(-c3ccc(-c4cccc5ccccc45)cc3)cc2C(C)(C)O)cc1. The van der Waals surface area contributed by atoms with Crippen LogP contribution in [0.3, 0.4) is 0 Å². The molecule has 342 valence electrons. The molecule has 0 saturated heterocycles. The molecule has 0 saturated carbocycles. The van der Waals surface area contributed by atoms with Crippen molar-refractivity contribution >= 4 is 38.6 Å². The first-order valence-electron chi connectivity index (χ1n) is 23.5. The molecule has 0 radical (unpaired) electrons. The molecule has 0 amide bonds. The number of aliphatic hydroxyl groups is 4. The molecule has 0 aliphatic carbocycles. The van der Waals surface area contributed by atoms with E-state index in [2.05, 4.69) is 151 Å². The number of nitrogens with zero attached hydrogens (tertiary/aromatic N) is 1. The normalized spacial score (nSPS) is 12.5. The van der Waals surface area contributed by atoms with Crippen LogP contribution in [0.15, 0.2) is 182 Å². The summed E-state index contributed by atoms with van der Waals surface area (Å²) in [6, 6.07) is 62.4. The van der Waals surface area contributed by atoms with E-state index in [4.69, 9.17) is 0 Å². The summed E-state index contributed by atoms with van der Waals surface area (Å²) >= 11 is 0. The largest absolute Gasteiger partial charge is 0.386 e. The van der Waals surface area contributed by atoms with E-state index in [-0.39, 0.29) is 0 Å². The van der Waals surface area contributed by atoms with E-state index in [0.29, 0.717) is 11.1 Å². The molecule has 5 heteroatoms. The zero-order chi connectivity index (χ0) is 48.3. The predicted octanol–water partition coefficient (Wildman–Crippen LogP) is 15.3. The molecule has 0 aliphatic rings. The third-order valence-electron chi connectivity index (χ3n) is 13.3. The van der Waals surface area contributed by atoms with E-state index < -0.39 is 22.4 Å².